The molecule has 22 nitrogen and oxygen atoms in total. The maximum Gasteiger partial charge on any atom is 0.414 e. The number of carbonyl (C=O) groups is 6. The lowest BCUT2D eigenvalue weighted by Crippen LogP contribution is -2.53. The van der Waals surface area contributed by atoms with Crippen LogP contribution in [0.2, 0.25) is 0 Å². The van der Waals surface area contributed by atoms with E-state index in [0.717, 1.165) is 6.26 Å². The molecular weight excluding hydrogens is 881 g/mol. The van der Waals surface area contributed by atoms with Crippen molar-refractivity contribution < 1.29 is 55.6 Å². The van der Waals surface area contributed by atoms with E-state index < -0.39 is 52.3 Å². The highest BCUT2D eigenvalue weighted by Gasteiger charge is 2.36. The summed E-state index contributed by atoms with van der Waals surface area (Å²) in [5, 5.41) is 21.2. The fraction of sp³-hybridized carbons (Fsp3) is 0.302. The van der Waals surface area contributed by atoms with Gasteiger partial charge in [-0.1, -0.05) is 0 Å². The van der Waals surface area contributed by atoms with Crippen LogP contribution in [-0.2, 0) is 38.1 Å². The Hall–Kier alpha value is -7.63. The largest absolute Gasteiger partial charge is 0.465 e. The summed E-state index contributed by atoms with van der Waals surface area (Å²) in [5.74, 6) is -1.67. The molecule has 2 aromatic heterocycles. The minimum absolute atomic E-state index is 0.0622. The van der Waals surface area contributed by atoms with Crippen LogP contribution in [0.4, 0.5) is 21.0 Å². The van der Waals surface area contributed by atoms with Gasteiger partial charge >= 0.3 is 18.2 Å². The number of hydrogen-bond acceptors (Lipinski definition) is 17. The molecule has 3 aliphatic heterocycles. The Morgan fingerprint density at radius 2 is 1.24 bits per heavy atom. The molecule has 3 saturated heterocycles. The first-order chi connectivity index (χ1) is 31.6. The molecule has 0 radical (unpaired) electrons. The van der Waals surface area contributed by atoms with Crippen molar-refractivity contribution in [3.05, 3.63) is 120 Å². The first-order valence-corrected chi connectivity index (χ1v) is 22.2. The predicted octanol–water partition coefficient (Wildman–Crippen LogP) is 2.01. The molecule has 3 aliphatic rings. The number of amides is 5. The Bertz CT molecular complexity index is 2550. The SMILES string of the molecule is CCOC(=O)CN1CCN(CC2CN(c3ccc(C(=N)NC(=O)c4cccnc4)cc3)C(=O)O2)CC1=O.CS(=O)(=O)OCC1CN(c2ccc(C(=N)NC(=O)c3cccnc3)cc2)C(=O)O1. The lowest BCUT2D eigenvalue weighted by Gasteiger charge is -2.34. The number of ether oxygens (including phenoxy) is 3. The predicted molar refractivity (Wildman–Crippen MR) is 236 cm³/mol. The van der Waals surface area contributed by atoms with Gasteiger partial charge in [-0.2, -0.15) is 8.42 Å². The minimum atomic E-state index is -3.63. The molecular formula is C43H46N10O12S. The molecule has 346 valence electrons. The first-order valence-electron chi connectivity index (χ1n) is 20.3. The van der Waals surface area contributed by atoms with Gasteiger partial charge in [-0.25, -0.2) is 9.59 Å². The van der Waals surface area contributed by atoms with E-state index in [4.69, 9.17) is 25.0 Å². The van der Waals surface area contributed by atoms with E-state index in [9.17, 15) is 37.2 Å². The van der Waals surface area contributed by atoms with Crippen LogP contribution in [0.3, 0.4) is 0 Å². The fourth-order valence-corrected chi connectivity index (χ4v) is 7.10. The van der Waals surface area contributed by atoms with E-state index in [1.54, 1.807) is 92.1 Å². The van der Waals surface area contributed by atoms with Gasteiger partial charge in [0.2, 0.25) is 5.91 Å². The second-order valence-corrected chi connectivity index (χ2v) is 16.5. The number of amidine groups is 2. The van der Waals surface area contributed by atoms with Crippen molar-refractivity contribution in [2.75, 3.05) is 75.1 Å². The number of anilines is 2. The van der Waals surface area contributed by atoms with Crippen molar-refractivity contribution in [3.8, 4) is 0 Å². The number of carbonyl (C=O) groups excluding carboxylic acids is 6. The molecule has 0 aliphatic carbocycles. The third-order valence-corrected chi connectivity index (χ3v) is 10.5. The van der Waals surface area contributed by atoms with Gasteiger partial charge < -0.3 is 29.7 Å². The molecule has 5 amide bonds. The van der Waals surface area contributed by atoms with Crippen LogP contribution < -0.4 is 20.4 Å². The number of rotatable bonds is 14. The van der Waals surface area contributed by atoms with E-state index in [1.165, 1.54) is 27.1 Å². The topological polar surface area (TPSA) is 284 Å². The van der Waals surface area contributed by atoms with Crippen molar-refractivity contribution in [1.82, 2.24) is 30.4 Å². The number of aromatic nitrogens is 2. The van der Waals surface area contributed by atoms with E-state index in [0.29, 0.717) is 59.8 Å². The van der Waals surface area contributed by atoms with Gasteiger partial charge in [-0.15, -0.1) is 0 Å². The summed E-state index contributed by atoms with van der Waals surface area (Å²) in [6, 6.07) is 19.5. The number of hydrogen-bond donors (Lipinski definition) is 4. The number of cyclic esters (lactones) is 2. The molecule has 3 fully saturated rings. The molecule has 23 heteroatoms. The summed E-state index contributed by atoms with van der Waals surface area (Å²) in [4.78, 5) is 86.9. The van der Waals surface area contributed by atoms with Gasteiger partial charge in [0, 0.05) is 66.9 Å². The highest BCUT2D eigenvalue weighted by atomic mass is 32.2. The number of pyridine rings is 2. The molecule has 0 spiro atoms. The average molecular weight is 927 g/mol. The Morgan fingerprint density at radius 1 is 0.742 bits per heavy atom. The number of nitrogens with one attached hydrogen (secondary N) is 4. The molecule has 4 N–H and O–H groups in total. The van der Waals surface area contributed by atoms with Gasteiger partial charge in [-0.3, -0.25) is 58.8 Å². The van der Waals surface area contributed by atoms with Crippen LogP contribution in [0, 0.1) is 10.8 Å². The molecule has 5 heterocycles. The summed E-state index contributed by atoms with van der Waals surface area (Å²) < 4.78 is 42.3. The minimum Gasteiger partial charge on any atom is -0.465 e. The van der Waals surface area contributed by atoms with E-state index in [-0.39, 0.29) is 50.4 Å². The molecule has 0 bridgehead atoms. The highest BCUT2D eigenvalue weighted by Crippen LogP contribution is 2.24. The lowest BCUT2D eigenvalue weighted by molar-refractivity contribution is -0.151. The van der Waals surface area contributed by atoms with Crippen LogP contribution in [0.15, 0.2) is 97.6 Å². The van der Waals surface area contributed by atoms with E-state index in [1.807, 2.05) is 4.90 Å². The molecule has 0 saturated carbocycles. The van der Waals surface area contributed by atoms with Crippen LogP contribution >= 0.6 is 0 Å². The summed E-state index contributed by atoms with van der Waals surface area (Å²) in [6.45, 7) is 3.58. The first kappa shape index (κ1) is 47.8. The normalized spacial score (nSPS) is 17.2. The standard InChI is InChI=1S/C25H28N6O6.C18H18N4O6S/c1-2-36-22(33)16-30-11-10-29(15-21(30)32)13-20-14-31(25(35)37-20)19-7-5-17(6-8-19)23(26)28-24(34)18-4-3-9-27-12-18;1-29(25,26)27-11-15-10-22(18(24)28-15)14-6-4-12(5-7-14)16(19)21-17(23)13-3-2-8-20-9-13/h3-9,12,20H,2,10-11,13-16H2,1H3,(H2,26,28,34);2-9,15H,10-11H2,1H3,(H2,19,21,23). The summed E-state index contributed by atoms with van der Waals surface area (Å²) in [5.41, 5.74) is 2.69. The summed E-state index contributed by atoms with van der Waals surface area (Å²) in [6.07, 6.45) is 4.58. The van der Waals surface area contributed by atoms with Gasteiger partial charge in [0.1, 0.15) is 37.0 Å². The van der Waals surface area contributed by atoms with E-state index in [2.05, 4.69) is 24.8 Å². The van der Waals surface area contributed by atoms with Crippen molar-refractivity contribution >= 4 is 69.0 Å². The second-order valence-electron chi connectivity index (χ2n) is 14.8. The zero-order chi connectivity index (χ0) is 47.4. The lowest BCUT2D eigenvalue weighted by atomic mass is 10.1. The van der Waals surface area contributed by atoms with Gasteiger partial charge in [0.15, 0.2) is 0 Å². The van der Waals surface area contributed by atoms with Crippen LogP contribution in [0.25, 0.3) is 0 Å². The maximum atomic E-state index is 12.5. The number of nitrogens with zero attached hydrogens (tertiary/aromatic N) is 6. The molecule has 2 atom stereocenters. The van der Waals surface area contributed by atoms with Crippen molar-refractivity contribution in [2.45, 2.75) is 19.1 Å². The average Bonchev–Trinajstić information content (AvgIpc) is 3.87. The third kappa shape index (κ3) is 13.2. The molecule has 4 aromatic rings. The van der Waals surface area contributed by atoms with Gasteiger partial charge in [0.25, 0.3) is 21.9 Å². The highest BCUT2D eigenvalue weighted by molar-refractivity contribution is 7.86. The molecule has 2 unspecified atom stereocenters. The Balaban J connectivity index is 0.000000225. The van der Waals surface area contributed by atoms with Crippen LogP contribution in [0.1, 0.15) is 38.8 Å². The zero-order valence-corrected chi connectivity index (χ0v) is 36.6. The monoisotopic (exact) mass is 926 g/mol. The van der Waals surface area contributed by atoms with Crippen molar-refractivity contribution in [3.63, 3.8) is 0 Å². The van der Waals surface area contributed by atoms with Crippen molar-refractivity contribution in [1.29, 1.82) is 10.8 Å². The van der Waals surface area contributed by atoms with Crippen LogP contribution in [0.5, 0.6) is 0 Å². The molecule has 66 heavy (non-hydrogen) atoms. The van der Waals surface area contributed by atoms with Gasteiger partial charge in [0.05, 0.1) is 43.6 Å². The smallest absolute Gasteiger partial charge is 0.414 e. The maximum absolute atomic E-state index is 12.5. The Morgan fingerprint density at radius 3 is 1.70 bits per heavy atom. The second kappa shape index (κ2) is 21.8. The number of benzene rings is 2. The van der Waals surface area contributed by atoms with Crippen LogP contribution in [-0.4, -0.2) is 153 Å². The quantitative estimate of drug-likeness (QED) is 0.0463. The van der Waals surface area contributed by atoms with Crippen molar-refractivity contribution in [2.24, 2.45) is 0 Å². The van der Waals surface area contributed by atoms with E-state index >= 15 is 0 Å². The third-order valence-electron chi connectivity index (χ3n) is 9.96. The fourth-order valence-electron chi connectivity index (χ4n) is 6.70. The Kier molecular flexibility index (Phi) is 15.8. The summed E-state index contributed by atoms with van der Waals surface area (Å²) in [7, 11) is -3.63. The molecule has 7 rings (SSSR count). The Labute approximate surface area is 378 Å². The zero-order valence-electron chi connectivity index (χ0n) is 35.7. The number of esters is 1. The van der Waals surface area contributed by atoms with Gasteiger partial charge in [-0.05, 0) is 79.7 Å². The number of piperazine rings is 1. The molecule has 2 aromatic carbocycles. The summed E-state index contributed by atoms with van der Waals surface area (Å²) >= 11 is 0.